The topological polar surface area (TPSA) is 52.9 Å². The summed E-state index contributed by atoms with van der Waals surface area (Å²) in [4.78, 5) is 20.8. The summed E-state index contributed by atoms with van der Waals surface area (Å²) >= 11 is 8.20. The number of amides is 1. The standard InChI is InChI=1S/C23H22Br2N2O2S/c1-14-7-5-6-10-19(14)27-22(29)20(12-15-11-16(24)13-18(25)21(15)28)30-23(27)26-17-8-3-2-4-9-17/h2-4,8-9,11-14,19,28H,5-7,10H2,1H3/b20-12-,26-23?/t14-,19+/m1/s1. The predicted octanol–water partition coefficient (Wildman–Crippen LogP) is 7.10. The minimum atomic E-state index is -0.0380. The molecule has 30 heavy (non-hydrogen) atoms. The summed E-state index contributed by atoms with van der Waals surface area (Å²) in [5.41, 5.74) is 1.42. The Balaban J connectivity index is 1.76. The normalized spacial score (nSPS) is 24.8. The number of amidine groups is 1. The van der Waals surface area contributed by atoms with Gasteiger partial charge >= 0.3 is 0 Å². The number of carbonyl (C=O) groups excluding carboxylic acids is 1. The van der Waals surface area contributed by atoms with E-state index < -0.39 is 0 Å². The first-order chi connectivity index (χ1) is 14.4. The maximum Gasteiger partial charge on any atom is 0.267 e. The van der Waals surface area contributed by atoms with Crippen LogP contribution in [-0.2, 0) is 4.79 Å². The largest absolute Gasteiger partial charge is 0.506 e. The van der Waals surface area contributed by atoms with Crippen molar-refractivity contribution in [3.8, 4) is 5.75 Å². The van der Waals surface area contributed by atoms with E-state index >= 15 is 0 Å². The fourth-order valence-electron chi connectivity index (χ4n) is 3.99. The lowest BCUT2D eigenvalue weighted by Gasteiger charge is -2.35. The fraction of sp³-hybridized carbons (Fsp3) is 0.304. The molecule has 2 atom stereocenters. The highest BCUT2D eigenvalue weighted by atomic mass is 79.9. The Hall–Kier alpha value is -1.57. The molecule has 0 bridgehead atoms. The molecule has 1 aliphatic carbocycles. The molecule has 2 fully saturated rings. The van der Waals surface area contributed by atoms with E-state index in [1.54, 1.807) is 18.2 Å². The van der Waals surface area contributed by atoms with Gasteiger partial charge in [-0.15, -0.1) is 0 Å². The van der Waals surface area contributed by atoms with Crippen LogP contribution in [0.2, 0.25) is 0 Å². The molecule has 1 amide bonds. The van der Waals surface area contributed by atoms with Crippen molar-refractivity contribution in [1.82, 2.24) is 4.90 Å². The summed E-state index contributed by atoms with van der Waals surface area (Å²) < 4.78 is 1.40. The summed E-state index contributed by atoms with van der Waals surface area (Å²) in [6, 6.07) is 13.5. The van der Waals surface area contributed by atoms with Gasteiger partial charge in [0.05, 0.1) is 15.1 Å². The van der Waals surface area contributed by atoms with Gasteiger partial charge in [0, 0.05) is 16.1 Å². The van der Waals surface area contributed by atoms with Crippen LogP contribution < -0.4 is 0 Å². The molecule has 0 spiro atoms. The highest BCUT2D eigenvalue weighted by molar-refractivity contribution is 9.11. The lowest BCUT2D eigenvalue weighted by atomic mass is 9.85. The van der Waals surface area contributed by atoms with Crippen molar-refractivity contribution in [2.24, 2.45) is 10.9 Å². The minimum Gasteiger partial charge on any atom is -0.506 e. The molecular formula is C23H22Br2N2O2S. The number of phenols is 1. The van der Waals surface area contributed by atoms with Crippen molar-refractivity contribution < 1.29 is 9.90 Å². The van der Waals surface area contributed by atoms with E-state index in [1.807, 2.05) is 35.2 Å². The van der Waals surface area contributed by atoms with Gasteiger partial charge in [0.1, 0.15) is 5.75 Å². The SMILES string of the molecule is C[C@@H]1CCCC[C@@H]1N1C(=O)/C(=C/c2cc(Br)cc(Br)c2O)SC1=Nc1ccccc1. The third kappa shape index (κ3) is 4.53. The summed E-state index contributed by atoms with van der Waals surface area (Å²) in [5.74, 6) is 0.506. The molecule has 156 valence electrons. The number of aromatic hydroxyl groups is 1. The third-order valence-corrected chi connectivity index (χ3v) is 7.61. The lowest BCUT2D eigenvalue weighted by Crippen LogP contribution is -2.44. The Labute approximate surface area is 197 Å². The Kier molecular flexibility index (Phi) is 6.70. The number of hydrogen-bond donors (Lipinski definition) is 1. The molecule has 0 aromatic heterocycles. The molecule has 0 unspecified atom stereocenters. The molecule has 1 aliphatic heterocycles. The van der Waals surface area contributed by atoms with Crippen LogP contribution in [0.15, 0.2) is 61.3 Å². The van der Waals surface area contributed by atoms with Gasteiger partial charge in [0.2, 0.25) is 0 Å². The first-order valence-corrected chi connectivity index (χ1v) is 12.4. The molecule has 1 saturated heterocycles. The van der Waals surface area contributed by atoms with Crippen molar-refractivity contribution in [2.45, 2.75) is 38.6 Å². The monoisotopic (exact) mass is 548 g/mol. The van der Waals surface area contributed by atoms with Gasteiger partial charge in [-0.1, -0.05) is 53.9 Å². The number of halogens is 2. The molecule has 0 radical (unpaired) electrons. The Morgan fingerprint density at radius 2 is 1.90 bits per heavy atom. The van der Waals surface area contributed by atoms with E-state index in [4.69, 9.17) is 4.99 Å². The maximum absolute atomic E-state index is 13.5. The second kappa shape index (κ2) is 9.28. The molecule has 1 heterocycles. The Bertz CT molecular complexity index is 1020. The predicted molar refractivity (Wildman–Crippen MR) is 131 cm³/mol. The van der Waals surface area contributed by atoms with Crippen LogP contribution >= 0.6 is 43.6 Å². The second-order valence-corrected chi connectivity index (χ2v) is 10.4. The van der Waals surface area contributed by atoms with E-state index in [2.05, 4.69) is 38.8 Å². The minimum absolute atomic E-state index is 0.0380. The van der Waals surface area contributed by atoms with Gasteiger partial charge in [0.25, 0.3) is 5.91 Å². The smallest absolute Gasteiger partial charge is 0.267 e. The molecule has 2 aromatic rings. The summed E-state index contributed by atoms with van der Waals surface area (Å²) in [6.07, 6.45) is 6.20. The first-order valence-electron chi connectivity index (χ1n) is 9.99. The van der Waals surface area contributed by atoms with Crippen LogP contribution in [0.25, 0.3) is 6.08 Å². The van der Waals surface area contributed by atoms with Gasteiger partial charge in [-0.25, -0.2) is 4.99 Å². The molecule has 2 aromatic carbocycles. The zero-order chi connectivity index (χ0) is 21.3. The summed E-state index contributed by atoms with van der Waals surface area (Å²) in [7, 11) is 0. The number of benzene rings is 2. The zero-order valence-electron chi connectivity index (χ0n) is 16.5. The van der Waals surface area contributed by atoms with E-state index in [0.717, 1.165) is 29.4 Å². The van der Waals surface area contributed by atoms with Crippen molar-refractivity contribution in [2.75, 3.05) is 0 Å². The van der Waals surface area contributed by atoms with E-state index in [0.29, 0.717) is 26.0 Å². The van der Waals surface area contributed by atoms with Crippen LogP contribution in [0.5, 0.6) is 5.75 Å². The van der Waals surface area contributed by atoms with Crippen molar-refractivity contribution in [3.63, 3.8) is 0 Å². The van der Waals surface area contributed by atoms with Crippen LogP contribution in [-0.4, -0.2) is 27.1 Å². The van der Waals surface area contributed by atoms with Crippen LogP contribution in [0.1, 0.15) is 38.2 Å². The zero-order valence-corrected chi connectivity index (χ0v) is 20.5. The van der Waals surface area contributed by atoms with Crippen molar-refractivity contribution >= 4 is 66.5 Å². The molecule has 7 heteroatoms. The van der Waals surface area contributed by atoms with Gasteiger partial charge < -0.3 is 5.11 Å². The van der Waals surface area contributed by atoms with E-state index in [1.165, 1.54) is 18.2 Å². The fourth-order valence-corrected chi connectivity index (χ4v) is 6.28. The molecular weight excluding hydrogens is 528 g/mol. The van der Waals surface area contributed by atoms with Gasteiger partial charge in [0.15, 0.2) is 5.17 Å². The second-order valence-electron chi connectivity index (χ2n) is 7.67. The van der Waals surface area contributed by atoms with Crippen molar-refractivity contribution in [3.05, 3.63) is 61.9 Å². The first kappa shape index (κ1) is 21.7. The quantitative estimate of drug-likeness (QED) is 0.415. The lowest BCUT2D eigenvalue weighted by molar-refractivity contribution is -0.124. The highest BCUT2D eigenvalue weighted by Gasteiger charge is 2.41. The average molecular weight is 550 g/mol. The number of thioether (sulfide) groups is 1. The van der Waals surface area contributed by atoms with E-state index in [-0.39, 0.29) is 17.7 Å². The number of hydrogen-bond acceptors (Lipinski definition) is 4. The number of nitrogens with zero attached hydrogens (tertiary/aromatic N) is 2. The number of carbonyl (C=O) groups is 1. The Morgan fingerprint density at radius 1 is 1.17 bits per heavy atom. The average Bonchev–Trinajstić information content (AvgIpc) is 3.02. The molecule has 4 rings (SSSR count). The van der Waals surface area contributed by atoms with Crippen LogP contribution in [0, 0.1) is 5.92 Å². The summed E-state index contributed by atoms with van der Waals surface area (Å²) in [6.45, 7) is 2.22. The summed E-state index contributed by atoms with van der Waals surface area (Å²) in [5, 5.41) is 11.2. The highest BCUT2D eigenvalue weighted by Crippen LogP contribution is 2.41. The third-order valence-electron chi connectivity index (χ3n) is 5.56. The van der Waals surface area contributed by atoms with Crippen molar-refractivity contribution in [1.29, 1.82) is 0 Å². The number of phenolic OH excluding ortho intramolecular Hbond substituents is 1. The molecule has 1 N–H and O–H groups in total. The van der Waals surface area contributed by atoms with Gasteiger partial charge in [-0.05, 0) is 76.8 Å². The number of aliphatic imine (C=N–C) groups is 1. The van der Waals surface area contributed by atoms with Gasteiger partial charge in [-0.2, -0.15) is 0 Å². The van der Waals surface area contributed by atoms with E-state index in [9.17, 15) is 9.90 Å². The van der Waals surface area contributed by atoms with Crippen LogP contribution in [0.3, 0.4) is 0 Å². The maximum atomic E-state index is 13.5. The number of para-hydroxylation sites is 1. The molecule has 2 aliphatic rings. The Morgan fingerprint density at radius 3 is 2.63 bits per heavy atom. The van der Waals surface area contributed by atoms with Crippen LogP contribution in [0.4, 0.5) is 5.69 Å². The van der Waals surface area contributed by atoms with Gasteiger partial charge in [-0.3, -0.25) is 9.69 Å². The number of rotatable bonds is 3. The molecule has 1 saturated carbocycles. The molecule has 4 nitrogen and oxygen atoms in total.